The molecule has 1 aliphatic heterocycles. The van der Waals surface area contributed by atoms with Gasteiger partial charge in [0.2, 0.25) is 0 Å². The summed E-state index contributed by atoms with van der Waals surface area (Å²) in [5, 5.41) is 9.83. The van der Waals surface area contributed by atoms with Gasteiger partial charge in [-0.2, -0.15) is 5.26 Å². The fraction of sp³-hybridized carbons (Fsp3) is 0.333. The van der Waals surface area contributed by atoms with E-state index < -0.39 is 35.8 Å². The molecule has 5 rings (SSSR count). The van der Waals surface area contributed by atoms with Crippen LogP contribution in [0, 0.1) is 11.3 Å². The van der Waals surface area contributed by atoms with Gasteiger partial charge in [-0.1, -0.05) is 91.0 Å². The molecule has 2 N–H and O–H groups in total. The van der Waals surface area contributed by atoms with Crippen molar-refractivity contribution in [2.24, 2.45) is 0 Å². The number of rotatable bonds is 8. The molecule has 45 heavy (non-hydrogen) atoms. The number of nitriles is 1. The second-order valence-corrected chi connectivity index (χ2v) is 11.3. The van der Waals surface area contributed by atoms with Crippen LogP contribution in [0.5, 0.6) is 0 Å². The maximum absolute atomic E-state index is 12.7. The van der Waals surface area contributed by atoms with Gasteiger partial charge in [0.1, 0.15) is 23.9 Å². The Labute approximate surface area is 264 Å². The zero-order chi connectivity index (χ0) is 32.0. The van der Waals surface area contributed by atoms with E-state index in [2.05, 4.69) is 36.4 Å². The van der Waals surface area contributed by atoms with E-state index in [1.807, 2.05) is 81.4 Å². The van der Waals surface area contributed by atoms with E-state index in [1.165, 1.54) is 6.20 Å². The second kappa shape index (κ2) is 13.7. The van der Waals surface area contributed by atoms with E-state index in [4.69, 9.17) is 29.4 Å². The van der Waals surface area contributed by atoms with E-state index in [0.717, 1.165) is 21.3 Å². The summed E-state index contributed by atoms with van der Waals surface area (Å²) in [6.07, 6.45) is -1.04. The number of nitrogens with zero attached hydrogens (tertiary/aromatic N) is 2. The number of benzene rings is 3. The lowest BCUT2D eigenvalue weighted by atomic mass is 9.80. The lowest BCUT2D eigenvalue weighted by Crippen LogP contribution is -2.47. The first-order valence-electron chi connectivity index (χ1n) is 15.1. The van der Waals surface area contributed by atoms with E-state index in [-0.39, 0.29) is 31.2 Å². The van der Waals surface area contributed by atoms with Gasteiger partial charge in [-0.05, 0) is 44.4 Å². The second-order valence-electron chi connectivity index (χ2n) is 11.3. The van der Waals surface area contributed by atoms with Crippen LogP contribution in [0.15, 0.2) is 97.2 Å². The van der Waals surface area contributed by atoms with Crippen LogP contribution in [0.2, 0.25) is 0 Å². The Morgan fingerprint density at radius 2 is 1.53 bits per heavy atom. The molecule has 1 saturated heterocycles. The molecule has 1 aromatic heterocycles. The third kappa shape index (κ3) is 6.65. The third-order valence-electron chi connectivity index (χ3n) is 7.91. The zero-order valence-electron chi connectivity index (χ0n) is 26.0. The van der Waals surface area contributed by atoms with Crippen LogP contribution >= 0.6 is 0 Å². The molecule has 0 radical (unpaired) electrons. The van der Waals surface area contributed by atoms with Gasteiger partial charge in [0.15, 0.2) is 11.5 Å². The quantitative estimate of drug-likeness (QED) is 0.223. The standard InChI is InChI=1S/C36H39N3O6/c1-5-41-34(40)39-22-29(33(38)30(39)21-37)32-24-42-35(3,4)45-25(2)31(44-32)23-43-36(26-15-9-6-10-16-26,27-17-11-7-12-18-27)28-19-13-8-14-20-28/h6-20,22,25,31-32H,5,23-24,38H2,1-4H3/t25-,31?,32?/m0/s1. The highest BCUT2D eigenvalue weighted by atomic mass is 16.7. The average Bonchev–Trinajstić information content (AvgIpc) is 3.39. The number of ether oxygens (including phenoxy) is 5. The first-order valence-corrected chi connectivity index (χ1v) is 15.1. The van der Waals surface area contributed by atoms with Crippen molar-refractivity contribution in [2.75, 3.05) is 25.6 Å². The SMILES string of the molecule is CCOC(=O)n1cc(C2COC(C)(C)O[C@@H](C)C(COC(c3ccccc3)(c3ccccc3)c3ccccc3)O2)c(N)c1C#N. The summed E-state index contributed by atoms with van der Waals surface area (Å²) in [5.41, 5.74) is 8.87. The van der Waals surface area contributed by atoms with E-state index in [1.54, 1.807) is 6.92 Å². The molecule has 9 heteroatoms. The fourth-order valence-corrected chi connectivity index (χ4v) is 5.76. The predicted molar refractivity (Wildman–Crippen MR) is 169 cm³/mol. The zero-order valence-corrected chi connectivity index (χ0v) is 26.0. The van der Waals surface area contributed by atoms with Gasteiger partial charge in [-0.15, -0.1) is 0 Å². The van der Waals surface area contributed by atoms with Gasteiger partial charge in [-0.3, -0.25) is 0 Å². The molecule has 0 amide bonds. The molecule has 1 fully saturated rings. The van der Waals surface area contributed by atoms with E-state index in [0.29, 0.717) is 5.56 Å². The molecule has 0 bridgehead atoms. The first kappa shape index (κ1) is 31.9. The minimum absolute atomic E-state index is 0.0262. The lowest BCUT2D eigenvalue weighted by molar-refractivity contribution is -0.296. The van der Waals surface area contributed by atoms with E-state index >= 15 is 0 Å². The van der Waals surface area contributed by atoms with E-state index in [9.17, 15) is 10.1 Å². The van der Waals surface area contributed by atoms with Crippen LogP contribution in [0.3, 0.4) is 0 Å². The maximum Gasteiger partial charge on any atom is 0.419 e. The Morgan fingerprint density at radius 1 is 1.00 bits per heavy atom. The molecule has 4 aromatic rings. The van der Waals surface area contributed by atoms with Crippen LogP contribution in [0.25, 0.3) is 0 Å². The molecule has 0 saturated carbocycles. The van der Waals surface area contributed by atoms with Gasteiger partial charge >= 0.3 is 6.09 Å². The molecule has 234 valence electrons. The van der Waals surface area contributed by atoms with Crippen molar-refractivity contribution < 1.29 is 28.5 Å². The summed E-state index contributed by atoms with van der Waals surface area (Å²) in [4.78, 5) is 12.7. The number of hydrogen-bond acceptors (Lipinski definition) is 8. The minimum Gasteiger partial charge on any atom is -0.449 e. The smallest absolute Gasteiger partial charge is 0.419 e. The van der Waals surface area contributed by atoms with Crippen molar-refractivity contribution in [2.45, 2.75) is 57.4 Å². The van der Waals surface area contributed by atoms with Crippen molar-refractivity contribution >= 4 is 11.8 Å². The van der Waals surface area contributed by atoms with Crippen LogP contribution in [0.1, 0.15) is 61.7 Å². The summed E-state index contributed by atoms with van der Waals surface area (Å²) < 4.78 is 32.5. The molecule has 3 aromatic carbocycles. The number of carbonyl (C=O) groups is 1. The first-order chi connectivity index (χ1) is 21.7. The van der Waals surface area contributed by atoms with Gasteiger partial charge in [0.25, 0.3) is 0 Å². The Balaban J connectivity index is 1.56. The van der Waals surface area contributed by atoms with Crippen molar-refractivity contribution in [3.05, 3.63) is 125 Å². The summed E-state index contributed by atoms with van der Waals surface area (Å²) in [6.45, 7) is 7.59. The molecule has 9 nitrogen and oxygen atoms in total. The van der Waals surface area contributed by atoms with Crippen molar-refractivity contribution in [3.8, 4) is 6.07 Å². The van der Waals surface area contributed by atoms with Crippen LogP contribution in [-0.4, -0.2) is 48.5 Å². The Morgan fingerprint density at radius 3 is 2.02 bits per heavy atom. The summed E-state index contributed by atoms with van der Waals surface area (Å²) >= 11 is 0. The number of anilines is 1. The van der Waals surface area contributed by atoms with Gasteiger partial charge in [-0.25, -0.2) is 9.36 Å². The average molecular weight is 610 g/mol. The van der Waals surface area contributed by atoms with Crippen LogP contribution in [-0.2, 0) is 29.3 Å². The Kier molecular flexibility index (Phi) is 9.71. The normalized spacial score (nSPS) is 20.0. The number of aromatic nitrogens is 1. The summed E-state index contributed by atoms with van der Waals surface area (Å²) in [6, 6.07) is 32.3. The highest BCUT2D eigenvalue weighted by Crippen LogP contribution is 2.42. The van der Waals surface area contributed by atoms with Crippen molar-refractivity contribution in [1.82, 2.24) is 4.57 Å². The lowest BCUT2D eigenvalue weighted by Gasteiger charge is -2.41. The molecule has 0 aliphatic carbocycles. The highest BCUT2D eigenvalue weighted by molar-refractivity contribution is 5.77. The molecule has 2 heterocycles. The summed E-state index contributed by atoms with van der Waals surface area (Å²) in [5.74, 6) is -0.967. The van der Waals surface area contributed by atoms with Gasteiger partial charge in [0.05, 0.1) is 31.6 Å². The van der Waals surface area contributed by atoms with Crippen LogP contribution < -0.4 is 5.73 Å². The van der Waals surface area contributed by atoms with Gasteiger partial charge < -0.3 is 29.4 Å². The molecule has 2 unspecified atom stereocenters. The molecule has 1 aliphatic rings. The molecule has 3 atom stereocenters. The predicted octanol–water partition coefficient (Wildman–Crippen LogP) is 6.55. The van der Waals surface area contributed by atoms with Crippen molar-refractivity contribution in [1.29, 1.82) is 5.26 Å². The number of nitrogens with two attached hydrogens (primary N) is 1. The molecular formula is C36H39N3O6. The number of carbonyl (C=O) groups excluding carboxylic acids is 1. The maximum atomic E-state index is 12.7. The fourth-order valence-electron chi connectivity index (χ4n) is 5.76. The number of nitrogen functional groups attached to an aromatic ring is 1. The monoisotopic (exact) mass is 609 g/mol. The molecular weight excluding hydrogens is 570 g/mol. The highest BCUT2D eigenvalue weighted by Gasteiger charge is 2.41. The van der Waals surface area contributed by atoms with Gasteiger partial charge in [0, 0.05) is 11.8 Å². The Bertz CT molecular complexity index is 1520. The third-order valence-corrected chi connectivity index (χ3v) is 7.91. The number of hydrogen-bond donors (Lipinski definition) is 1. The van der Waals surface area contributed by atoms with Crippen LogP contribution in [0.4, 0.5) is 10.5 Å². The minimum atomic E-state index is -0.975. The summed E-state index contributed by atoms with van der Waals surface area (Å²) in [7, 11) is 0. The topological polar surface area (TPSA) is 118 Å². The largest absolute Gasteiger partial charge is 0.449 e. The Hall–Kier alpha value is -4.46. The van der Waals surface area contributed by atoms with Crippen molar-refractivity contribution in [3.63, 3.8) is 0 Å². The molecule has 0 spiro atoms.